The van der Waals surface area contributed by atoms with Crippen molar-refractivity contribution in [1.82, 2.24) is 0 Å². The molecule has 4 nitrogen and oxygen atoms in total. The number of carbonyl (C=O) groups is 1. The van der Waals surface area contributed by atoms with E-state index in [1.165, 1.54) is 25.5 Å². The van der Waals surface area contributed by atoms with Crippen LogP contribution in [-0.2, 0) is 9.63 Å². The molecule has 0 fully saturated rings. The van der Waals surface area contributed by atoms with Gasteiger partial charge in [-0.3, -0.25) is 4.79 Å². The number of ether oxygens (including phenoxy) is 1. The molecule has 0 aromatic heterocycles. The lowest BCUT2D eigenvalue weighted by atomic mass is 10.3. The van der Waals surface area contributed by atoms with Crippen molar-refractivity contribution in [3.8, 4) is 5.75 Å². The molecular weight excluding hydrogens is 253 g/mol. The minimum absolute atomic E-state index is 0.00674. The first kappa shape index (κ1) is 12.8. The van der Waals surface area contributed by atoms with Crippen LogP contribution in [0.25, 0.3) is 0 Å². The van der Waals surface area contributed by atoms with Crippen molar-refractivity contribution < 1.29 is 14.4 Å². The molecule has 0 N–H and O–H groups in total. The molecular formula is C10H9Cl2NO3. The third-order valence-electron chi connectivity index (χ3n) is 1.56. The van der Waals surface area contributed by atoms with Gasteiger partial charge in [0, 0.05) is 5.02 Å². The Morgan fingerprint density at radius 2 is 2.25 bits per heavy atom. The Hall–Kier alpha value is -1.26. The number of hydrogen-bond donors (Lipinski definition) is 0. The van der Waals surface area contributed by atoms with Gasteiger partial charge < -0.3 is 9.57 Å². The van der Waals surface area contributed by atoms with Crippen molar-refractivity contribution in [2.24, 2.45) is 5.16 Å². The second kappa shape index (κ2) is 6.35. The molecule has 16 heavy (non-hydrogen) atoms. The van der Waals surface area contributed by atoms with Gasteiger partial charge in [0.2, 0.25) is 0 Å². The minimum atomic E-state index is -0.481. The van der Waals surface area contributed by atoms with E-state index < -0.39 is 5.97 Å². The van der Waals surface area contributed by atoms with Gasteiger partial charge in [0.05, 0.1) is 17.7 Å². The van der Waals surface area contributed by atoms with Crippen molar-refractivity contribution in [3.05, 3.63) is 28.2 Å². The molecule has 0 aliphatic carbocycles. The Morgan fingerprint density at radius 1 is 1.50 bits per heavy atom. The first-order chi connectivity index (χ1) is 7.63. The normalized spacial score (nSPS) is 10.4. The summed E-state index contributed by atoms with van der Waals surface area (Å²) in [4.78, 5) is 15.7. The zero-order valence-corrected chi connectivity index (χ0v) is 9.96. The lowest BCUT2D eigenvalue weighted by Gasteiger charge is -2.04. The molecule has 0 spiro atoms. The van der Waals surface area contributed by atoms with Crippen molar-refractivity contribution in [1.29, 1.82) is 0 Å². The number of hydrogen-bond acceptors (Lipinski definition) is 4. The van der Waals surface area contributed by atoms with E-state index in [4.69, 9.17) is 27.9 Å². The minimum Gasteiger partial charge on any atom is -0.425 e. The van der Waals surface area contributed by atoms with E-state index in [1.807, 2.05) is 0 Å². The standard InChI is InChI=1S/C10H9Cl2NO3/c1-15-13-5-4-10(14)16-9-3-2-7(11)6-8(9)12/h2-3,5-6H,4H2,1H3. The van der Waals surface area contributed by atoms with Crippen LogP contribution in [-0.4, -0.2) is 19.3 Å². The van der Waals surface area contributed by atoms with Gasteiger partial charge >= 0.3 is 5.97 Å². The number of esters is 1. The Morgan fingerprint density at radius 3 is 2.88 bits per heavy atom. The molecule has 1 aromatic rings. The summed E-state index contributed by atoms with van der Waals surface area (Å²) in [6.07, 6.45) is 1.30. The van der Waals surface area contributed by atoms with Crippen LogP contribution in [0.4, 0.5) is 0 Å². The van der Waals surface area contributed by atoms with Gasteiger partial charge in [0.1, 0.15) is 12.9 Å². The Balaban J connectivity index is 2.59. The van der Waals surface area contributed by atoms with E-state index in [1.54, 1.807) is 6.07 Å². The van der Waals surface area contributed by atoms with Crippen molar-refractivity contribution >= 4 is 35.4 Å². The fourth-order valence-electron chi connectivity index (χ4n) is 0.909. The molecule has 0 radical (unpaired) electrons. The van der Waals surface area contributed by atoms with Crippen LogP contribution < -0.4 is 4.74 Å². The number of nitrogens with zero attached hydrogens (tertiary/aromatic N) is 1. The molecule has 6 heteroatoms. The monoisotopic (exact) mass is 261 g/mol. The summed E-state index contributed by atoms with van der Waals surface area (Å²) in [5.41, 5.74) is 0. The molecule has 0 bridgehead atoms. The summed E-state index contributed by atoms with van der Waals surface area (Å²) in [5, 5.41) is 4.17. The number of benzene rings is 1. The fourth-order valence-corrected chi connectivity index (χ4v) is 1.36. The lowest BCUT2D eigenvalue weighted by molar-refractivity contribution is -0.132. The van der Waals surface area contributed by atoms with Crippen LogP contribution in [0.15, 0.2) is 23.4 Å². The first-order valence-electron chi connectivity index (χ1n) is 4.34. The summed E-state index contributed by atoms with van der Waals surface area (Å²) < 4.78 is 4.97. The van der Waals surface area contributed by atoms with E-state index in [2.05, 4.69) is 9.99 Å². The molecule has 0 heterocycles. The molecule has 0 aliphatic heterocycles. The van der Waals surface area contributed by atoms with E-state index in [0.29, 0.717) is 5.02 Å². The predicted octanol–water partition coefficient (Wildman–Crippen LogP) is 2.92. The first-order valence-corrected chi connectivity index (χ1v) is 5.10. The van der Waals surface area contributed by atoms with Crippen LogP contribution >= 0.6 is 23.2 Å². The average Bonchev–Trinajstić information content (AvgIpc) is 2.23. The van der Waals surface area contributed by atoms with E-state index in [9.17, 15) is 4.79 Å². The Labute approximate surface area is 103 Å². The van der Waals surface area contributed by atoms with Crippen molar-refractivity contribution in [2.75, 3.05) is 7.11 Å². The lowest BCUT2D eigenvalue weighted by Crippen LogP contribution is -2.08. The highest BCUT2D eigenvalue weighted by Gasteiger charge is 2.07. The van der Waals surface area contributed by atoms with Crippen LogP contribution in [0.5, 0.6) is 5.75 Å². The smallest absolute Gasteiger partial charge is 0.316 e. The molecule has 0 amide bonds. The van der Waals surface area contributed by atoms with Gasteiger partial charge in [-0.05, 0) is 18.2 Å². The highest BCUT2D eigenvalue weighted by atomic mass is 35.5. The van der Waals surface area contributed by atoms with Crippen LogP contribution in [0.2, 0.25) is 10.0 Å². The van der Waals surface area contributed by atoms with E-state index in [-0.39, 0.29) is 17.2 Å². The van der Waals surface area contributed by atoms with Crippen LogP contribution in [0.3, 0.4) is 0 Å². The molecule has 0 aliphatic rings. The van der Waals surface area contributed by atoms with Crippen molar-refractivity contribution in [2.45, 2.75) is 6.42 Å². The molecule has 1 rings (SSSR count). The molecule has 0 saturated heterocycles. The molecule has 0 saturated carbocycles. The summed E-state index contributed by atoms with van der Waals surface area (Å²) >= 11 is 11.5. The zero-order valence-electron chi connectivity index (χ0n) is 8.44. The van der Waals surface area contributed by atoms with Crippen LogP contribution in [0.1, 0.15) is 6.42 Å². The molecule has 1 aromatic carbocycles. The van der Waals surface area contributed by atoms with Gasteiger partial charge in [-0.15, -0.1) is 0 Å². The van der Waals surface area contributed by atoms with E-state index >= 15 is 0 Å². The van der Waals surface area contributed by atoms with E-state index in [0.717, 1.165) is 0 Å². The quantitative estimate of drug-likeness (QED) is 0.363. The average molecular weight is 262 g/mol. The maximum absolute atomic E-state index is 11.3. The maximum atomic E-state index is 11.3. The van der Waals surface area contributed by atoms with Gasteiger partial charge in [-0.25, -0.2) is 0 Å². The fraction of sp³-hybridized carbons (Fsp3) is 0.200. The second-order valence-electron chi connectivity index (χ2n) is 2.72. The van der Waals surface area contributed by atoms with Crippen molar-refractivity contribution in [3.63, 3.8) is 0 Å². The number of carbonyl (C=O) groups excluding carboxylic acids is 1. The topological polar surface area (TPSA) is 47.9 Å². The maximum Gasteiger partial charge on any atom is 0.316 e. The number of oxime groups is 1. The van der Waals surface area contributed by atoms with Gasteiger partial charge in [-0.1, -0.05) is 28.4 Å². The Bertz CT molecular complexity index is 407. The Kier molecular flexibility index (Phi) is 5.08. The third-order valence-corrected chi connectivity index (χ3v) is 2.09. The summed E-state index contributed by atoms with van der Waals surface area (Å²) in [6.45, 7) is 0. The zero-order chi connectivity index (χ0) is 12.0. The SMILES string of the molecule is CON=CCC(=O)Oc1ccc(Cl)cc1Cl. The number of halogens is 2. The van der Waals surface area contributed by atoms with Crippen LogP contribution in [0, 0.1) is 0 Å². The molecule has 86 valence electrons. The molecule has 0 unspecified atom stereocenters. The highest BCUT2D eigenvalue weighted by molar-refractivity contribution is 6.35. The third kappa shape index (κ3) is 4.08. The second-order valence-corrected chi connectivity index (χ2v) is 3.57. The summed E-state index contributed by atoms with van der Waals surface area (Å²) in [5.74, 6) is -0.216. The highest BCUT2D eigenvalue weighted by Crippen LogP contribution is 2.27. The molecule has 0 atom stereocenters. The van der Waals surface area contributed by atoms with Gasteiger partial charge in [0.25, 0.3) is 0 Å². The van der Waals surface area contributed by atoms with Gasteiger partial charge in [-0.2, -0.15) is 0 Å². The number of rotatable bonds is 4. The largest absolute Gasteiger partial charge is 0.425 e. The summed E-state index contributed by atoms with van der Waals surface area (Å²) in [6, 6.07) is 4.60. The predicted molar refractivity (Wildman–Crippen MR) is 62.2 cm³/mol. The summed E-state index contributed by atoms with van der Waals surface area (Å²) in [7, 11) is 1.39. The van der Waals surface area contributed by atoms with Gasteiger partial charge in [0.15, 0.2) is 0 Å².